The second-order valence-electron chi connectivity index (χ2n) is 18.2. The molecule has 4 fully saturated rings. The molecule has 5 aromatic rings. The maximum Gasteiger partial charge on any atom is 0.262 e. The molecule has 1 aliphatic carbocycles. The monoisotopic (exact) mass is 921 g/mol. The predicted molar refractivity (Wildman–Crippen MR) is 253 cm³/mol. The smallest absolute Gasteiger partial charge is 0.262 e. The summed E-state index contributed by atoms with van der Waals surface area (Å²) >= 11 is 0. The second-order valence-corrected chi connectivity index (χ2v) is 18.2. The van der Waals surface area contributed by atoms with Gasteiger partial charge in [0.05, 0.1) is 30.4 Å². The Kier molecular flexibility index (Phi) is 12.8. The van der Waals surface area contributed by atoms with Crippen molar-refractivity contribution in [2.24, 2.45) is 0 Å². The summed E-state index contributed by atoms with van der Waals surface area (Å²) in [5, 5.41) is 11.9. The van der Waals surface area contributed by atoms with Crippen LogP contribution in [0.5, 0.6) is 0 Å². The molecule has 0 spiro atoms. The minimum absolute atomic E-state index is 0.0418. The van der Waals surface area contributed by atoms with Crippen LogP contribution in [-0.4, -0.2) is 159 Å². The van der Waals surface area contributed by atoms with E-state index in [1.54, 1.807) is 18.5 Å². The van der Waals surface area contributed by atoms with Crippen LogP contribution in [0.4, 0.5) is 22.9 Å². The van der Waals surface area contributed by atoms with Gasteiger partial charge in [0.25, 0.3) is 11.8 Å². The number of aromatic nitrogens is 4. The number of hydrogen-bond donors (Lipinski definition) is 4. The van der Waals surface area contributed by atoms with Crippen LogP contribution < -0.4 is 26.2 Å². The molecule has 0 unspecified atom stereocenters. The Morgan fingerprint density at radius 3 is 2.19 bits per heavy atom. The van der Waals surface area contributed by atoms with Crippen molar-refractivity contribution >= 4 is 69.5 Å². The Morgan fingerprint density at radius 2 is 1.46 bits per heavy atom. The number of carbonyl (C=O) groups is 6. The lowest BCUT2D eigenvalue weighted by molar-refractivity contribution is -0.136. The number of fused-ring (bicyclic) bond motifs is 2. The van der Waals surface area contributed by atoms with E-state index in [-0.39, 0.29) is 54.4 Å². The van der Waals surface area contributed by atoms with Gasteiger partial charge in [-0.2, -0.15) is 0 Å². The fourth-order valence-corrected chi connectivity index (χ4v) is 9.93. The van der Waals surface area contributed by atoms with Crippen LogP contribution in [0.2, 0.25) is 0 Å². The minimum Gasteiger partial charge on any atom is -0.376 e. The Balaban J connectivity index is 0.616. The van der Waals surface area contributed by atoms with Crippen molar-refractivity contribution in [3.8, 4) is 0 Å². The molecular weight excluding hydrogens is 867 g/mol. The Morgan fingerprint density at radius 1 is 0.750 bits per heavy atom. The van der Waals surface area contributed by atoms with Gasteiger partial charge in [0.15, 0.2) is 17.0 Å². The summed E-state index contributed by atoms with van der Waals surface area (Å²) < 4.78 is 2.10. The lowest BCUT2D eigenvalue weighted by Gasteiger charge is -2.37. The largest absolute Gasteiger partial charge is 0.376 e. The van der Waals surface area contributed by atoms with Crippen LogP contribution >= 0.6 is 0 Å². The third-order valence-corrected chi connectivity index (χ3v) is 13.9. The molecule has 6 heterocycles. The lowest BCUT2D eigenvalue weighted by atomic mass is 9.86. The van der Waals surface area contributed by atoms with Gasteiger partial charge < -0.3 is 30.3 Å². The van der Waals surface area contributed by atoms with Crippen molar-refractivity contribution in [3.63, 3.8) is 0 Å². The van der Waals surface area contributed by atoms with Gasteiger partial charge in [-0.1, -0.05) is 30.3 Å². The van der Waals surface area contributed by atoms with Gasteiger partial charge >= 0.3 is 0 Å². The normalized spacial score (nSPS) is 21.1. The number of piperazine rings is 2. The number of rotatable bonds is 15. The van der Waals surface area contributed by atoms with E-state index in [1.807, 2.05) is 41.6 Å². The van der Waals surface area contributed by atoms with Crippen molar-refractivity contribution in [1.82, 2.24) is 49.8 Å². The molecule has 1 atom stereocenters. The zero-order valence-electron chi connectivity index (χ0n) is 37.8. The highest BCUT2D eigenvalue weighted by Gasteiger charge is 2.44. The van der Waals surface area contributed by atoms with Crippen LogP contribution in [0.1, 0.15) is 64.4 Å². The number of piperidine rings is 1. The second kappa shape index (κ2) is 19.5. The number of amides is 6. The molecule has 68 heavy (non-hydrogen) atoms. The maximum atomic E-state index is 13.2. The lowest BCUT2D eigenvalue weighted by Crippen LogP contribution is -2.54. The summed E-state index contributed by atoms with van der Waals surface area (Å²) in [5.74, 6) is -1.57. The predicted octanol–water partition coefficient (Wildman–Crippen LogP) is 2.80. The van der Waals surface area contributed by atoms with Gasteiger partial charge in [0.1, 0.15) is 12.4 Å². The Labute approximate surface area is 393 Å². The molecule has 6 amide bonds. The molecule has 3 saturated heterocycles. The van der Waals surface area contributed by atoms with Crippen molar-refractivity contribution in [2.45, 2.75) is 56.7 Å². The SMILES string of the molecule is O=C1CC[C@H](N2C(=O)c3ccc(NCC(=O)N4CCN(CCCN5CCN(c6ccc(Nc7ncnc8c7ncn8C7CC(NC(=O)Cc8ccccc8)C7)cc6)CC5)CC4)cc3C2=O)C(=O)N1. The van der Waals surface area contributed by atoms with Crippen LogP contribution in [0.15, 0.2) is 85.5 Å². The topological polar surface area (TPSA) is 210 Å². The van der Waals surface area contributed by atoms with Gasteiger partial charge in [0, 0.05) is 87.9 Å². The van der Waals surface area contributed by atoms with Gasteiger partial charge in [-0.25, -0.2) is 15.0 Å². The number of benzene rings is 3. The van der Waals surface area contributed by atoms with Gasteiger partial charge in [-0.3, -0.25) is 48.8 Å². The van der Waals surface area contributed by atoms with Crippen LogP contribution in [0, 0.1) is 0 Å². The molecule has 19 nitrogen and oxygen atoms in total. The van der Waals surface area contributed by atoms with E-state index in [4.69, 9.17) is 0 Å². The quantitative estimate of drug-likeness (QED) is 0.111. The number of carbonyl (C=O) groups excluding carboxylic acids is 6. The highest BCUT2D eigenvalue weighted by molar-refractivity contribution is 6.23. The zero-order valence-corrected chi connectivity index (χ0v) is 37.8. The highest BCUT2D eigenvalue weighted by atomic mass is 16.2. The summed E-state index contributed by atoms with van der Waals surface area (Å²) in [7, 11) is 0. The van der Waals surface area contributed by atoms with Crippen LogP contribution in [0.25, 0.3) is 11.2 Å². The number of hydrogen-bond acceptors (Lipinski definition) is 14. The molecule has 3 aromatic carbocycles. The van der Waals surface area contributed by atoms with Crippen molar-refractivity contribution in [3.05, 3.63) is 102 Å². The van der Waals surface area contributed by atoms with Gasteiger partial charge in [-0.15, -0.1) is 0 Å². The fourth-order valence-electron chi connectivity index (χ4n) is 9.93. The van der Waals surface area contributed by atoms with Crippen LogP contribution in [-0.2, 0) is 25.6 Å². The summed E-state index contributed by atoms with van der Waals surface area (Å²) in [5.41, 5.74) is 5.49. The number of nitrogens with one attached hydrogen (secondary N) is 4. The zero-order chi connectivity index (χ0) is 46.7. The van der Waals surface area contributed by atoms with E-state index in [2.05, 4.69) is 79.8 Å². The van der Waals surface area contributed by atoms with E-state index in [1.165, 1.54) is 11.8 Å². The summed E-state index contributed by atoms with van der Waals surface area (Å²) in [6.45, 7) is 8.82. The number of imide groups is 2. The van der Waals surface area contributed by atoms with Gasteiger partial charge in [-0.05, 0) is 86.8 Å². The van der Waals surface area contributed by atoms with Crippen molar-refractivity contribution in [2.75, 3.05) is 87.5 Å². The number of nitrogens with zero attached hydrogens (tertiary/aromatic N) is 9. The molecule has 1 saturated carbocycles. The highest BCUT2D eigenvalue weighted by Crippen LogP contribution is 2.36. The van der Waals surface area contributed by atoms with Crippen molar-refractivity contribution < 1.29 is 28.8 Å². The molecular formula is C49H55N13O6. The first-order valence-electron chi connectivity index (χ1n) is 23.6. The number of imidazole rings is 1. The van der Waals surface area contributed by atoms with Crippen molar-refractivity contribution in [1.29, 1.82) is 0 Å². The van der Waals surface area contributed by atoms with E-state index in [9.17, 15) is 28.8 Å². The first-order valence-corrected chi connectivity index (χ1v) is 23.6. The van der Waals surface area contributed by atoms with E-state index in [0.717, 1.165) is 93.4 Å². The average Bonchev–Trinajstić information content (AvgIpc) is 3.88. The fraction of sp³-hybridized carbons (Fsp3) is 0.408. The summed E-state index contributed by atoms with van der Waals surface area (Å²) in [4.78, 5) is 99.8. The molecule has 10 rings (SSSR count). The molecule has 19 heteroatoms. The molecule has 0 bridgehead atoms. The van der Waals surface area contributed by atoms with E-state index < -0.39 is 29.7 Å². The average molecular weight is 922 g/mol. The third-order valence-electron chi connectivity index (χ3n) is 13.9. The molecule has 0 radical (unpaired) electrons. The molecule has 2 aromatic heterocycles. The Bertz CT molecular complexity index is 2710. The first-order chi connectivity index (χ1) is 33.1. The third kappa shape index (κ3) is 9.62. The molecule has 352 valence electrons. The molecule has 5 aliphatic rings. The summed E-state index contributed by atoms with van der Waals surface area (Å²) in [6, 6.07) is 22.3. The maximum absolute atomic E-state index is 13.2. The first kappa shape index (κ1) is 44.6. The standard InChI is InChI=1S/C49H55N13O6/c63-41-14-13-40(47(66)56-41)62-48(67)38-12-9-34(28-39(38)49(62)68)50-29-43(65)60-23-19-58(20-24-60)16-4-15-57-17-21-59(22-18-57)36-10-7-33(8-11-36)55-45-44-46(52-30-51-45)61(31-53-44)37-26-35(27-37)54-42(64)25-32-5-2-1-3-6-32/h1-3,5-12,28,30-31,35,37,40,50H,4,13-27,29H2,(H,54,64)(H,51,52,55)(H,56,63,66)/t35?,37?,40-/m0/s1. The van der Waals surface area contributed by atoms with Gasteiger partial charge in [0.2, 0.25) is 23.6 Å². The molecule has 4 aliphatic heterocycles. The van der Waals surface area contributed by atoms with E-state index in [0.29, 0.717) is 36.5 Å². The molecule has 4 N–H and O–H groups in total. The Hall–Kier alpha value is -7.25. The van der Waals surface area contributed by atoms with Crippen LogP contribution in [0.3, 0.4) is 0 Å². The summed E-state index contributed by atoms with van der Waals surface area (Å²) in [6.07, 6.45) is 6.64. The minimum atomic E-state index is -1.03. The number of anilines is 4. The van der Waals surface area contributed by atoms with E-state index >= 15 is 0 Å².